The van der Waals surface area contributed by atoms with Gasteiger partial charge < -0.3 is 15.0 Å². The molecule has 1 aliphatic heterocycles. The van der Waals surface area contributed by atoms with Gasteiger partial charge in [-0.05, 0) is 23.4 Å². The topological polar surface area (TPSA) is 117 Å². The Labute approximate surface area is 184 Å². The van der Waals surface area contributed by atoms with Crippen LogP contribution in [0.25, 0.3) is 11.3 Å². The van der Waals surface area contributed by atoms with Crippen molar-refractivity contribution in [1.29, 1.82) is 0 Å². The van der Waals surface area contributed by atoms with Crippen LogP contribution in [0.2, 0.25) is 0 Å². The lowest BCUT2D eigenvalue weighted by Crippen LogP contribution is -2.46. The maximum Gasteiger partial charge on any atom is 0.269 e. The van der Waals surface area contributed by atoms with Crippen molar-refractivity contribution in [2.75, 3.05) is 19.6 Å². The molecule has 9 heteroatoms. The number of carbonyl (C=O) groups excluding carboxylic acids is 2. The number of ether oxygens (including phenoxy) is 1. The van der Waals surface area contributed by atoms with E-state index < -0.39 is 0 Å². The number of piperidine rings is 1. The first-order chi connectivity index (χ1) is 15.6. The summed E-state index contributed by atoms with van der Waals surface area (Å²) in [6.45, 7) is 0.929. The summed E-state index contributed by atoms with van der Waals surface area (Å²) in [7, 11) is 0. The molecule has 0 aliphatic carbocycles. The average molecular weight is 433 g/mol. The van der Waals surface area contributed by atoms with Crippen LogP contribution in [0.1, 0.15) is 23.3 Å². The number of nitrogens with zero attached hydrogens (tertiary/aromatic N) is 3. The van der Waals surface area contributed by atoms with E-state index in [1.807, 2.05) is 30.3 Å². The second kappa shape index (κ2) is 9.86. The van der Waals surface area contributed by atoms with Crippen LogP contribution >= 0.6 is 0 Å². The summed E-state index contributed by atoms with van der Waals surface area (Å²) in [6, 6.07) is 18.0. The molecule has 2 aromatic carbocycles. The van der Waals surface area contributed by atoms with Crippen molar-refractivity contribution < 1.29 is 14.3 Å². The quantitative estimate of drug-likeness (QED) is 0.555. The zero-order valence-corrected chi connectivity index (χ0v) is 17.4. The standard InChI is InChI=1S/C23H23N5O4/c29-22(15-24-23(30)20-14-19(25-26-20)16-6-2-1-3-7-16)28-12-10-17(11-13-28)32-21-9-5-4-8-18(21)27-31/h1-9,14,17H,10-13,15H2,(H,24,30)(H,25,26). The van der Waals surface area contributed by atoms with E-state index in [-0.39, 0.29) is 30.2 Å². The highest BCUT2D eigenvalue weighted by Crippen LogP contribution is 2.29. The van der Waals surface area contributed by atoms with Gasteiger partial charge in [0.05, 0.1) is 12.2 Å². The van der Waals surface area contributed by atoms with Crippen LogP contribution in [0.4, 0.5) is 5.69 Å². The van der Waals surface area contributed by atoms with Crippen LogP contribution in [0.3, 0.4) is 0 Å². The second-order valence-electron chi connectivity index (χ2n) is 7.47. The number of aromatic amines is 1. The highest BCUT2D eigenvalue weighted by atomic mass is 16.5. The van der Waals surface area contributed by atoms with Gasteiger partial charge in [-0.1, -0.05) is 42.5 Å². The molecule has 3 aromatic rings. The number of hydrogen-bond donors (Lipinski definition) is 2. The molecule has 164 valence electrons. The lowest BCUT2D eigenvalue weighted by Gasteiger charge is -2.32. The number of benzene rings is 2. The molecule has 0 spiro atoms. The Balaban J connectivity index is 1.24. The Morgan fingerprint density at radius 1 is 1.09 bits per heavy atom. The molecule has 1 aromatic heterocycles. The minimum atomic E-state index is -0.385. The number of nitrogens with one attached hydrogen (secondary N) is 2. The normalized spacial score (nSPS) is 14.1. The van der Waals surface area contributed by atoms with Crippen LogP contribution in [0.5, 0.6) is 5.75 Å². The fourth-order valence-electron chi connectivity index (χ4n) is 3.59. The number of amides is 2. The Bertz CT molecular complexity index is 1090. The molecule has 1 fully saturated rings. The Morgan fingerprint density at radius 2 is 1.81 bits per heavy atom. The van der Waals surface area contributed by atoms with Crippen LogP contribution in [0.15, 0.2) is 65.8 Å². The fraction of sp³-hybridized carbons (Fsp3) is 0.261. The van der Waals surface area contributed by atoms with E-state index in [2.05, 4.69) is 20.7 Å². The van der Waals surface area contributed by atoms with E-state index in [9.17, 15) is 14.5 Å². The molecule has 2 heterocycles. The van der Waals surface area contributed by atoms with Gasteiger partial charge in [0.2, 0.25) is 5.91 Å². The van der Waals surface area contributed by atoms with Crippen molar-refractivity contribution in [2.24, 2.45) is 5.18 Å². The summed E-state index contributed by atoms with van der Waals surface area (Å²) in [6.07, 6.45) is 1.17. The van der Waals surface area contributed by atoms with E-state index in [0.717, 1.165) is 5.56 Å². The molecule has 32 heavy (non-hydrogen) atoms. The summed E-state index contributed by atoms with van der Waals surface area (Å²) in [5.74, 6) is -0.0900. The van der Waals surface area contributed by atoms with Crippen molar-refractivity contribution in [3.05, 3.63) is 71.3 Å². The molecule has 1 aliphatic rings. The third kappa shape index (κ3) is 5.00. The predicted molar refractivity (Wildman–Crippen MR) is 118 cm³/mol. The summed E-state index contributed by atoms with van der Waals surface area (Å²) in [5, 5.41) is 12.5. The summed E-state index contributed by atoms with van der Waals surface area (Å²) in [4.78, 5) is 37.5. The van der Waals surface area contributed by atoms with E-state index in [0.29, 0.717) is 43.1 Å². The number of H-pyrrole nitrogens is 1. The number of likely N-dealkylation sites (tertiary alicyclic amines) is 1. The van der Waals surface area contributed by atoms with Gasteiger partial charge in [-0.25, -0.2) is 0 Å². The molecular formula is C23H23N5O4. The minimum Gasteiger partial charge on any atom is -0.488 e. The maximum absolute atomic E-state index is 12.5. The van der Waals surface area contributed by atoms with Gasteiger partial charge >= 0.3 is 0 Å². The smallest absolute Gasteiger partial charge is 0.269 e. The number of nitroso groups, excluding NO2 is 1. The lowest BCUT2D eigenvalue weighted by molar-refractivity contribution is -0.131. The van der Waals surface area contributed by atoms with Gasteiger partial charge in [-0.15, -0.1) is 4.91 Å². The molecule has 4 rings (SSSR count). The number of rotatable bonds is 7. The first-order valence-corrected chi connectivity index (χ1v) is 10.4. The van der Waals surface area contributed by atoms with Crippen molar-refractivity contribution in [3.8, 4) is 17.0 Å². The van der Waals surface area contributed by atoms with Gasteiger partial charge in [-0.2, -0.15) is 5.10 Å². The van der Waals surface area contributed by atoms with Crippen molar-refractivity contribution in [3.63, 3.8) is 0 Å². The Kier molecular flexibility index (Phi) is 6.54. The third-order valence-electron chi connectivity index (χ3n) is 5.34. The van der Waals surface area contributed by atoms with Crippen LogP contribution < -0.4 is 10.1 Å². The Hall–Kier alpha value is -4.01. The van der Waals surface area contributed by atoms with Gasteiger partial charge in [0, 0.05) is 31.5 Å². The summed E-state index contributed by atoms with van der Waals surface area (Å²) in [5.41, 5.74) is 2.13. The minimum absolute atomic E-state index is 0.0953. The van der Waals surface area contributed by atoms with E-state index >= 15 is 0 Å². The van der Waals surface area contributed by atoms with Gasteiger partial charge in [0.1, 0.15) is 23.2 Å². The number of para-hydroxylation sites is 1. The summed E-state index contributed by atoms with van der Waals surface area (Å²) < 4.78 is 5.89. The zero-order valence-electron chi connectivity index (χ0n) is 17.4. The van der Waals surface area contributed by atoms with E-state index in [1.165, 1.54) is 0 Å². The first-order valence-electron chi connectivity index (χ1n) is 10.4. The summed E-state index contributed by atoms with van der Waals surface area (Å²) >= 11 is 0. The Morgan fingerprint density at radius 3 is 2.56 bits per heavy atom. The van der Waals surface area contributed by atoms with Crippen molar-refractivity contribution in [1.82, 2.24) is 20.4 Å². The van der Waals surface area contributed by atoms with Crippen molar-refractivity contribution >= 4 is 17.5 Å². The number of carbonyl (C=O) groups is 2. The monoisotopic (exact) mass is 433 g/mol. The molecule has 9 nitrogen and oxygen atoms in total. The van der Waals surface area contributed by atoms with Gasteiger partial charge in [0.15, 0.2) is 0 Å². The van der Waals surface area contributed by atoms with Crippen LogP contribution in [-0.4, -0.2) is 52.6 Å². The SMILES string of the molecule is O=Nc1ccccc1OC1CCN(C(=O)CNC(=O)c2cc(-c3ccccc3)n[nH]2)CC1. The molecule has 2 amide bonds. The molecule has 0 radical (unpaired) electrons. The molecule has 1 saturated heterocycles. The predicted octanol–water partition coefficient (Wildman–Crippen LogP) is 3.27. The van der Waals surface area contributed by atoms with Crippen LogP contribution in [-0.2, 0) is 4.79 Å². The lowest BCUT2D eigenvalue weighted by atomic mass is 10.1. The molecular weight excluding hydrogens is 410 g/mol. The molecule has 0 saturated carbocycles. The van der Waals surface area contributed by atoms with Crippen molar-refractivity contribution in [2.45, 2.75) is 18.9 Å². The highest BCUT2D eigenvalue weighted by molar-refractivity contribution is 5.95. The molecule has 0 atom stereocenters. The van der Waals surface area contributed by atoms with E-state index in [4.69, 9.17) is 4.74 Å². The van der Waals surface area contributed by atoms with Gasteiger partial charge in [-0.3, -0.25) is 14.7 Å². The maximum atomic E-state index is 12.5. The highest BCUT2D eigenvalue weighted by Gasteiger charge is 2.25. The molecule has 0 bridgehead atoms. The zero-order chi connectivity index (χ0) is 22.3. The second-order valence-corrected chi connectivity index (χ2v) is 7.47. The van der Waals surface area contributed by atoms with E-state index in [1.54, 1.807) is 35.2 Å². The number of hydrogen-bond acceptors (Lipinski definition) is 6. The van der Waals surface area contributed by atoms with Gasteiger partial charge in [0.25, 0.3) is 5.91 Å². The van der Waals surface area contributed by atoms with Crippen LogP contribution in [0, 0.1) is 4.91 Å². The largest absolute Gasteiger partial charge is 0.488 e. The molecule has 2 N–H and O–H groups in total. The first kappa shape index (κ1) is 21.2. The molecule has 0 unspecified atom stereocenters. The third-order valence-corrected chi connectivity index (χ3v) is 5.34. The average Bonchev–Trinajstić information content (AvgIpc) is 3.34. The fourth-order valence-corrected chi connectivity index (χ4v) is 3.59. The number of aromatic nitrogens is 2.